The van der Waals surface area contributed by atoms with E-state index in [4.69, 9.17) is 27.9 Å². The molecule has 1 heterocycles. The van der Waals surface area contributed by atoms with Crippen LogP contribution in [0.25, 0.3) is 0 Å². The number of ether oxygens (including phenoxy) is 1. The molecule has 2 unspecified atom stereocenters. The molecule has 3 atom stereocenters. The van der Waals surface area contributed by atoms with Gasteiger partial charge >= 0.3 is 12.0 Å². The van der Waals surface area contributed by atoms with Crippen LogP contribution in [-0.2, 0) is 25.5 Å². The SMILES string of the molecule is CC(C)OC(=O)[C@H](Cc1ccc(N2C(=O)NC3C=CC(CN(C)C=O)=CC3C2=O)cc1)NC(=O)c1c(Cl)cccc1Cl. The van der Waals surface area contributed by atoms with Crippen molar-refractivity contribution >= 4 is 59.1 Å². The first-order valence-electron chi connectivity index (χ1n) is 13.2. The van der Waals surface area contributed by atoms with E-state index in [0.717, 1.165) is 10.5 Å². The van der Waals surface area contributed by atoms with Crippen LogP contribution in [0.4, 0.5) is 10.5 Å². The molecular formula is C30H30Cl2N4O6. The Balaban J connectivity index is 1.52. The summed E-state index contributed by atoms with van der Waals surface area (Å²) in [7, 11) is 1.64. The number of rotatable bonds is 10. The summed E-state index contributed by atoms with van der Waals surface area (Å²) in [5.41, 5.74) is 1.80. The molecule has 0 bridgehead atoms. The van der Waals surface area contributed by atoms with E-state index < -0.39 is 47.9 Å². The fraction of sp³-hybridized carbons (Fsp3) is 0.300. The minimum Gasteiger partial charge on any atom is -0.461 e. The molecule has 0 spiro atoms. The van der Waals surface area contributed by atoms with Crippen LogP contribution in [-0.4, -0.2) is 66.9 Å². The van der Waals surface area contributed by atoms with Crippen molar-refractivity contribution in [1.82, 2.24) is 15.5 Å². The van der Waals surface area contributed by atoms with E-state index in [0.29, 0.717) is 24.2 Å². The van der Waals surface area contributed by atoms with Crippen LogP contribution in [0.1, 0.15) is 29.8 Å². The molecule has 5 amide bonds. The molecular weight excluding hydrogens is 583 g/mol. The maximum absolute atomic E-state index is 13.4. The summed E-state index contributed by atoms with van der Waals surface area (Å²) < 4.78 is 5.36. The summed E-state index contributed by atoms with van der Waals surface area (Å²) >= 11 is 12.4. The van der Waals surface area contributed by atoms with Crippen LogP contribution in [0.15, 0.2) is 66.3 Å². The molecule has 10 nitrogen and oxygen atoms in total. The van der Waals surface area contributed by atoms with Crippen molar-refractivity contribution in [2.75, 3.05) is 18.5 Å². The van der Waals surface area contributed by atoms with Crippen molar-refractivity contribution in [3.05, 3.63) is 87.4 Å². The highest BCUT2D eigenvalue weighted by molar-refractivity contribution is 6.39. The number of anilines is 1. The highest BCUT2D eigenvalue weighted by atomic mass is 35.5. The molecule has 2 aromatic carbocycles. The topological polar surface area (TPSA) is 125 Å². The molecule has 12 heteroatoms. The van der Waals surface area contributed by atoms with Crippen LogP contribution in [0.3, 0.4) is 0 Å². The van der Waals surface area contributed by atoms with Gasteiger partial charge in [0, 0.05) is 20.0 Å². The molecule has 4 rings (SSSR count). The second kappa shape index (κ2) is 13.2. The number of hydrogen-bond acceptors (Lipinski definition) is 6. The van der Waals surface area contributed by atoms with E-state index in [1.165, 1.54) is 17.0 Å². The molecule has 2 aromatic rings. The molecule has 1 fully saturated rings. The molecule has 220 valence electrons. The third-order valence-corrected chi connectivity index (χ3v) is 7.30. The van der Waals surface area contributed by atoms with Crippen molar-refractivity contribution in [2.24, 2.45) is 5.92 Å². The number of esters is 1. The van der Waals surface area contributed by atoms with Gasteiger partial charge < -0.3 is 20.3 Å². The summed E-state index contributed by atoms with van der Waals surface area (Å²) in [5.74, 6) is -2.32. The van der Waals surface area contributed by atoms with Crippen molar-refractivity contribution in [2.45, 2.75) is 38.5 Å². The Morgan fingerprint density at radius 3 is 2.40 bits per heavy atom. The fourth-order valence-electron chi connectivity index (χ4n) is 4.70. The summed E-state index contributed by atoms with van der Waals surface area (Å²) in [4.78, 5) is 65.7. The number of fused-ring (bicyclic) bond motifs is 1. The highest BCUT2D eigenvalue weighted by Crippen LogP contribution is 2.29. The van der Waals surface area contributed by atoms with Crippen LogP contribution in [0, 0.1) is 5.92 Å². The van der Waals surface area contributed by atoms with Crippen molar-refractivity contribution in [1.29, 1.82) is 0 Å². The van der Waals surface area contributed by atoms with Crippen LogP contribution < -0.4 is 15.5 Å². The monoisotopic (exact) mass is 612 g/mol. The highest BCUT2D eigenvalue weighted by Gasteiger charge is 2.41. The summed E-state index contributed by atoms with van der Waals surface area (Å²) in [5, 5.41) is 5.77. The van der Waals surface area contributed by atoms with Gasteiger partial charge in [-0.2, -0.15) is 0 Å². The van der Waals surface area contributed by atoms with Crippen molar-refractivity contribution in [3.8, 4) is 0 Å². The molecule has 42 heavy (non-hydrogen) atoms. The molecule has 0 saturated carbocycles. The van der Waals surface area contributed by atoms with Gasteiger partial charge in [-0.3, -0.25) is 14.4 Å². The average molecular weight is 613 g/mol. The number of imide groups is 1. The number of halogens is 2. The first-order chi connectivity index (χ1) is 20.0. The van der Waals surface area contributed by atoms with Gasteiger partial charge in [0.05, 0.1) is 39.4 Å². The van der Waals surface area contributed by atoms with E-state index in [2.05, 4.69) is 10.6 Å². The smallest absolute Gasteiger partial charge is 0.329 e. The van der Waals surface area contributed by atoms with Crippen LogP contribution >= 0.6 is 23.2 Å². The zero-order valence-corrected chi connectivity index (χ0v) is 24.7. The quantitative estimate of drug-likeness (QED) is 0.309. The Morgan fingerprint density at radius 1 is 1.12 bits per heavy atom. The normalized spacial score (nSPS) is 18.5. The van der Waals surface area contributed by atoms with Gasteiger partial charge in [-0.1, -0.05) is 59.6 Å². The third kappa shape index (κ3) is 7.00. The number of hydrogen-bond donors (Lipinski definition) is 2. The van der Waals surface area contributed by atoms with Gasteiger partial charge in [-0.25, -0.2) is 14.5 Å². The Morgan fingerprint density at radius 2 is 1.79 bits per heavy atom. The summed E-state index contributed by atoms with van der Waals surface area (Å²) in [6, 6.07) is 9.02. The van der Waals surface area contributed by atoms with Crippen molar-refractivity contribution in [3.63, 3.8) is 0 Å². The molecule has 1 aliphatic heterocycles. The lowest BCUT2D eigenvalue weighted by atomic mass is 9.88. The fourth-order valence-corrected chi connectivity index (χ4v) is 5.27. The second-order valence-electron chi connectivity index (χ2n) is 10.3. The van der Waals surface area contributed by atoms with E-state index in [9.17, 15) is 24.0 Å². The van der Waals surface area contributed by atoms with E-state index in [1.54, 1.807) is 69.5 Å². The summed E-state index contributed by atoms with van der Waals surface area (Å²) in [6.07, 6.45) is 5.63. The lowest BCUT2D eigenvalue weighted by Gasteiger charge is -2.37. The third-order valence-electron chi connectivity index (χ3n) is 6.67. The Bertz CT molecular complexity index is 1440. The summed E-state index contributed by atoms with van der Waals surface area (Å²) in [6.45, 7) is 3.73. The number of nitrogens with zero attached hydrogens (tertiary/aromatic N) is 2. The van der Waals surface area contributed by atoms with Gasteiger partial charge in [-0.05, 0) is 49.2 Å². The maximum atomic E-state index is 13.4. The first-order valence-corrected chi connectivity index (χ1v) is 14.0. The maximum Gasteiger partial charge on any atom is 0.329 e. The second-order valence-corrected chi connectivity index (χ2v) is 11.1. The predicted molar refractivity (Wildman–Crippen MR) is 158 cm³/mol. The van der Waals surface area contributed by atoms with Gasteiger partial charge in [0.25, 0.3) is 5.91 Å². The number of carbonyl (C=O) groups excluding carboxylic acids is 5. The lowest BCUT2D eigenvalue weighted by Crippen LogP contribution is -2.59. The van der Waals surface area contributed by atoms with E-state index in [-0.39, 0.29) is 22.0 Å². The van der Waals surface area contributed by atoms with Crippen LogP contribution in [0.2, 0.25) is 10.0 Å². The zero-order chi connectivity index (χ0) is 30.6. The lowest BCUT2D eigenvalue weighted by molar-refractivity contribution is -0.149. The molecule has 1 saturated heterocycles. The van der Waals surface area contributed by atoms with Gasteiger partial charge in [0.15, 0.2) is 0 Å². The number of amides is 5. The first kappa shape index (κ1) is 30.8. The number of likely N-dealkylation sites (N-methyl/N-ethyl adjacent to an activating group) is 1. The van der Waals surface area contributed by atoms with Gasteiger partial charge in [0.1, 0.15) is 6.04 Å². The molecule has 1 aliphatic carbocycles. The Kier molecular flexibility index (Phi) is 9.70. The number of carbonyl (C=O) groups is 5. The zero-order valence-electron chi connectivity index (χ0n) is 23.2. The Hall–Kier alpha value is -4.15. The Labute approximate surface area is 253 Å². The number of urea groups is 1. The minimum absolute atomic E-state index is 0.0408. The van der Waals surface area contributed by atoms with Gasteiger partial charge in [0.2, 0.25) is 12.3 Å². The standard InChI is InChI=1S/C30H30Cl2N4O6/c1-17(2)42-29(40)25(33-27(38)26-22(31)5-4-6-23(26)32)14-18-7-10-20(11-8-18)36-28(39)21-13-19(15-35(3)16-37)9-12-24(21)34-30(36)41/h4-13,16-17,21,24-25H,14-15H2,1-3H3,(H,33,38)(H,34,41)/t21?,24?,25-/m0/s1. The number of benzene rings is 2. The minimum atomic E-state index is -1.07. The predicted octanol–water partition coefficient (Wildman–Crippen LogP) is 3.91. The molecule has 0 aromatic heterocycles. The average Bonchev–Trinajstić information content (AvgIpc) is 2.93. The van der Waals surface area contributed by atoms with E-state index >= 15 is 0 Å². The molecule has 2 N–H and O–H groups in total. The largest absolute Gasteiger partial charge is 0.461 e. The molecule has 2 aliphatic rings. The van der Waals surface area contributed by atoms with Gasteiger partial charge in [-0.15, -0.1) is 0 Å². The van der Waals surface area contributed by atoms with E-state index in [1.807, 2.05) is 0 Å². The number of nitrogens with one attached hydrogen (secondary N) is 2. The molecule has 0 radical (unpaired) electrons. The van der Waals surface area contributed by atoms with Crippen LogP contribution in [0.5, 0.6) is 0 Å². The van der Waals surface area contributed by atoms with Crippen molar-refractivity contribution < 1.29 is 28.7 Å².